The molecular formula is C14H13NO3. The van der Waals surface area contributed by atoms with E-state index < -0.39 is 0 Å². The van der Waals surface area contributed by atoms with Crippen LogP contribution in [0.25, 0.3) is 11.1 Å². The van der Waals surface area contributed by atoms with Crippen molar-refractivity contribution in [3.63, 3.8) is 0 Å². The zero-order valence-electron chi connectivity index (χ0n) is 9.88. The van der Waals surface area contributed by atoms with E-state index in [2.05, 4.69) is 5.32 Å². The van der Waals surface area contributed by atoms with Crippen molar-refractivity contribution in [3.05, 3.63) is 42.5 Å². The van der Waals surface area contributed by atoms with Crippen molar-refractivity contribution in [2.24, 2.45) is 0 Å². The third kappa shape index (κ3) is 2.27. The van der Waals surface area contributed by atoms with Gasteiger partial charge in [0.15, 0.2) is 0 Å². The van der Waals surface area contributed by atoms with Crippen LogP contribution in [-0.4, -0.2) is 18.6 Å². The lowest BCUT2D eigenvalue weighted by molar-refractivity contribution is -0.105. The molecule has 2 N–H and O–H groups in total. The van der Waals surface area contributed by atoms with E-state index in [-0.39, 0.29) is 5.75 Å². The second-order valence-corrected chi connectivity index (χ2v) is 3.69. The number of para-hydroxylation sites is 1. The van der Waals surface area contributed by atoms with Crippen molar-refractivity contribution >= 4 is 12.1 Å². The van der Waals surface area contributed by atoms with Crippen LogP contribution in [0, 0.1) is 0 Å². The topological polar surface area (TPSA) is 58.6 Å². The maximum Gasteiger partial charge on any atom is 0.211 e. The van der Waals surface area contributed by atoms with Gasteiger partial charge in [0.05, 0.1) is 12.8 Å². The summed E-state index contributed by atoms with van der Waals surface area (Å²) in [6.45, 7) is 0. The van der Waals surface area contributed by atoms with E-state index in [0.717, 1.165) is 5.56 Å². The first-order valence-electron chi connectivity index (χ1n) is 5.43. The summed E-state index contributed by atoms with van der Waals surface area (Å²) >= 11 is 0. The normalized spacial score (nSPS) is 9.83. The number of ether oxygens (including phenoxy) is 1. The van der Waals surface area contributed by atoms with Gasteiger partial charge in [-0.3, -0.25) is 4.79 Å². The minimum absolute atomic E-state index is 0.194. The van der Waals surface area contributed by atoms with E-state index in [4.69, 9.17) is 4.74 Å². The van der Waals surface area contributed by atoms with E-state index in [1.807, 2.05) is 18.2 Å². The zero-order valence-corrected chi connectivity index (χ0v) is 9.88. The molecule has 18 heavy (non-hydrogen) atoms. The standard InChI is InChI=1S/C14H13NO3/c1-18-14-7-6-10(8-12(14)15-9-16)11-4-2-3-5-13(11)17/h2-9,17H,1H3,(H,15,16). The molecular weight excluding hydrogens is 230 g/mol. The number of carbonyl (C=O) groups excluding carboxylic acids is 1. The molecule has 0 bridgehead atoms. The number of methoxy groups -OCH3 is 1. The number of amides is 1. The summed E-state index contributed by atoms with van der Waals surface area (Å²) in [5.74, 6) is 0.765. The molecule has 0 aromatic heterocycles. The highest BCUT2D eigenvalue weighted by atomic mass is 16.5. The Labute approximate surface area is 105 Å². The zero-order chi connectivity index (χ0) is 13.0. The summed E-state index contributed by atoms with van der Waals surface area (Å²) in [6.07, 6.45) is 0.590. The van der Waals surface area contributed by atoms with Crippen LogP contribution in [0.1, 0.15) is 0 Å². The van der Waals surface area contributed by atoms with Crippen molar-refractivity contribution in [2.45, 2.75) is 0 Å². The van der Waals surface area contributed by atoms with E-state index in [1.165, 1.54) is 7.11 Å². The number of rotatable bonds is 4. The average molecular weight is 243 g/mol. The summed E-state index contributed by atoms with van der Waals surface area (Å²) in [6, 6.07) is 12.3. The summed E-state index contributed by atoms with van der Waals surface area (Å²) in [7, 11) is 1.53. The lowest BCUT2D eigenvalue weighted by atomic mass is 10.0. The van der Waals surface area contributed by atoms with Gasteiger partial charge in [-0.2, -0.15) is 0 Å². The first kappa shape index (κ1) is 12.0. The van der Waals surface area contributed by atoms with Crippen molar-refractivity contribution < 1.29 is 14.6 Å². The molecule has 92 valence electrons. The van der Waals surface area contributed by atoms with Crippen LogP contribution in [0.5, 0.6) is 11.5 Å². The minimum Gasteiger partial charge on any atom is -0.507 e. The molecule has 2 aromatic rings. The van der Waals surface area contributed by atoms with Crippen molar-refractivity contribution in [1.82, 2.24) is 0 Å². The van der Waals surface area contributed by atoms with Gasteiger partial charge in [-0.1, -0.05) is 24.3 Å². The molecule has 4 nitrogen and oxygen atoms in total. The molecule has 0 aliphatic heterocycles. The second kappa shape index (κ2) is 5.23. The summed E-state index contributed by atoms with van der Waals surface area (Å²) < 4.78 is 5.14. The molecule has 0 aliphatic carbocycles. The van der Waals surface area contributed by atoms with Crippen molar-refractivity contribution in [2.75, 3.05) is 12.4 Å². The van der Waals surface area contributed by atoms with Gasteiger partial charge < -0.3 is 15.2 Å². The van der Waals surface area contributed by atoms with Crippen LogP contribution < -0.4 is 10.1 Å². The summed E-state index contributed by atoms with van der Waals surface area (Å²) in [5.41, 5.74) is 2.07. The number of benzene rings is 2. The number of hydrogen-bond acceptors (Lipinski definition) is 3. The molecule has 1 amide bonds. The van der Waals surface area contributed by atoms with Crippen LogP contribution in [0.4, 0.5) is 5.69 Å². The maximum atomic E-state index is 10.5. The summed E-state index contributed by atoms with van der Waals surface area (Å²) in [4.78, 5) is 10.5. The van der Waals surface area contributed by atoms with Gasteiger partial charge in [0.2, 0.25) is 6.41 Å². The highest BCUT2D eigenvalue weighted by Crippen LogP contribution is 2.34. The lowest BCUT2D eigenvalue weighted by Gasteiger charge is -2.10. The number of phenolic OH excluding ortho intramolecular Hbond substituents is 1. The smallest absolute Gasteiger partial charge is 0.211 e. The highest BCUT2D eigenvalue weighted by molar-refractivity contribution is 5.81. The molecule has 0 heterocycles. The monoisotopic (exact) mass is 243 g/mol. The first-order chi connectivity index (χ1) is 8.76. The Balaban J connectivity index is 2.50. The van der Waals surface area contributed by atoms with Gasteiger partial charge in [0, 0.05) is 5.56 Å². The number of phenols is 1. The second-order valence-electron chi connectivity index (χ2n) is 3.69. The Kier molecular flexibility index (Phi) is 3.48. The predicted octanol–water partition coefficient (Wildman–Crippen LogP) is 2.64. The molecule has 0 atom stereocenters. The first-order valence-corrected chi connectivity index (χ1v) is 5.43. The average Bonchev–Trinajstić information content (AvgIpc) is 2.40. The van der Waals surface area contributed by atoms with Crippen LogP contribution in [0.3, 0.4) is 0 Å². The van der Waals surface area contributed by atoms with Crippen molar-refractivity contribution in [3.8, 4) is 22.6 Å². The predicted molar refractivity (Wildman–Crippen MR) is 69.8 cm³/mol. The molecule has 4 heteroatoms. The molecule has 0 saturated heterocycles. The van der Waals surface area contributed by atoms with Crippen LogP contribution in [0.2, 0.25) is 0 Å². The minimum atomic E-state index is 0.194. The molecule has 0 aliphatic rings. The Hall–Kier alpha value is -2.49. The number of anilines is 1. The fraction of sp³-hybridized carbons (Fsp3) is 0.0714. The molecule has 0 unspecified atom stereocenters. The largest absolute Gasteiger partial charge is 0.507 e. The SMILES string of the molecule is COc1ccc(-c2ccccc2O)cc1NC=O. The third-order valence-corrected chi connectivity index (χ3v) is 2.63. The fourth-order valence-electron chi connectivity index (χ4n) is 1.77. The van der Waals surface area contributed by atoms with E-state index in [9.17, 15) is 9.90 Å². The van der Waals surface area contributed by atoms with Gasteiger partial charge in [-0.15, -0.1) is 0 Å². The van der Waals surface area contributed by atoms with Crippen LogP contribution >= 0.6 is 0 Å². The fourth-order valence-corrected chi connectivity index (χ4v) is 1.77. The van der Waals surface area contributed by atoms with Crippen LogP contribution in [-0.2, 0) is 4.79 Å². The number of nitrogens with one attached hydrogen (secondary N) is 1. The third-order valence-electron chi connectivity index (χ3n) is 2.63. The Morgan fingerprint density at radius 1 is 1.22 bits per heavy atom. The highest BCUT2D eigenvalue weighted by Gasteiger charge is 2.07. The van der Waals surface area contributed by atoms with E-state index in [0.29, 0.717) is 23.4 Å². The molecule has 0 saturated carbocycles. The van der Waals surface area contributed by atoms with Crippen LogP contribution in [0.15, 0.2) is 42.5 Å². The molecule has 0 spiro atoms. The quantitative estimate of drug-likeness (QED) is 0.811. The molecule has 2 rings (SSSR count). The summed E-state index contributed by atoms with van der Waals surface area (Å²) in [5, 5.41) is 12.4. The van der Waals surface area contributed by atoms with Gasteiger partial charge in [0.25, 0.3) is 0 Å². The Morgan fingerprint density at radius 2 is 2.00 bits per heavy atom. The van der Waals surface area contributed by atoms with Crippen molar-refractivity contribution in [1.29, 1.82) is 0 Å². The van der Waals surface area contributed by atoms with Gasteiger partial charge in [-0.25, -0.2) is 0 Å². The number of hydrogen-bond donors (Lipinski definition) is 2. The maximum absolute atomic E-state index is 10.5. The lowest BCUT2D eigenvalue weighted by Crippen LogP contribution is -1.97. The molecule has 2 aromatic carbocycles. The van der Waals surface area contributed by atoms with Gasteiger partial charge in [-0.05, 0) is 23.8 Å². The van der Waals surface area contributed by atoms with E-state index in [1.54, 1.807) is 24.3 Å². The molecule has 0 fully saturated rings. The molecule has 0 radical (unpaired) electrons. The van der Waals surface area contributed by atoms with E-state index >= 15 is 0 Å². The number of carbonyl (C=O) groups is 1. The van der Waals surface area contributed by atoms with Gasteiger partial charge >= 0.3 is 0 Å². The Bertz CT molecular complexity index is 567. The Morgan fingerprint density at radius 3 is 2.67 bits per heavy atom. The van der Waals surface area contributed by atoms with Gasteiger partial charge in [0.1, 0.15) is 11.5 Å². The number of aromatic hydroxyl groups is 1.